The number of nitrogens with one attached hydrogen (secondary N) is 2. The number of fused-ring (bicyclic) bond motifs is 1. The minimum absolute atomic E-state index is 0.132. The highest BCUT2D eigenvalue weighted by Crippen LogP contribution is 2.20. The lowest BCUT2D eigenvalue weighted by Crippen LogP contribution is -1.86. The summed E-state index contributed by atoms with van der Waals surface area (Å²) in [5, 5.41) is 8.02. The van der Waals surface area contributed by atoms with E-state index in [0.29, 0.717) is 10.6 Å². The summed E-state index contributed by atoms with van der Waals surface area (Å²) >= 11 is 4.91. The molecule has 0 spiro atoms. The van der Waals surface area contributed by atoms with Crippen LogP contribution < -0.4 is 0 Å². The normalized spacial score (nSPS) is 20.6. The molecular weight excluding hydrogens is 172 g/mol. The van der Waals surface area contributed by atoms with Crippen LogP contribution in [-0.2, 0) is 0 Å². The van der Waals surface area contributed by atoms with E-state index in [1.54, 1.807) is 0 Å². The van der Waals surface area contributed by atoms with Crippen molar-refractivity contribution < 1.29 is 0 Å². The fourth-order valence-electron chi connectivity index (χ4n) is 1.01. The molecule has 0 aromatic carbocycles. The Kier molecular flexibility index (Phi) is 1.65. The van der Waals surface area contributed by atoms with Gasteiger partial charge in [0.05, 0.1) is 11.7 Å². The fourth-order valence-corrected chi connectivity index (χ4v) is 1.22. The summed E-state index contributed by atoms with van der Waals surface area (Å²) in [6, 6.07) is 0.132. The van der Waals surface area contributed by atoms with Gasteiger partial charge in [0, 0.05) is 0 Å². The van der Waals surface area contributed by atoms with Gasteiger partial charge in [-0.2, -0.15) is 5.11 Å². The van der Waals surface area contributed by atoms with Crippen molar-refractivity contribution in [2.24, 2.45) is 10.2 Å². The molecule has 2 heterocycles. The van der Waals surface area contributed by atoms with Crippen molar-refractivity contribution in [3.8, 4) is 0 Å². The summed E-state index contributed by atoms with van der Waals surface area (Å²) in [7, 11) is 0. The lowest BCUT2D eigenvalue weighted by Gasteiger charge is -1.89. The van der Waals surface area contributed by atoms with Gasteiger partial charge in [-0.25, -0.2) is 0 Å². The number of aromatic amines is 2. The van der Waals surface area contributed by atoms with Gasteiger partial charge < -0.3 is 9.97 Å². The van der Waals surface area contributed by atoms with E-state index in [9.17, 15) is 0 Å². The molecule has 2 N–H and O–H groups in total. The summed E-state index contributed by atoms with van der Waals surface area (Å²) in [4.78, 5) is 5.88. The lowest BCUT2D eigenvalue weighted by atomic mass is 10.3. The average Bonchev–Trinajstić information content (AvgIpc) is 2.31. The van der Waals surface area contributed by atoms with Gasteiger partial charge in [-0.3, -0.25) is 0 Å². The summed E-state index contributed by atoms with van der Waals surface area (Å²) in [5.74, 6) is 0.709. The van der Waals surface area contributed by atoms with E-state index in [1.807, 2.05) is 19.1 Å². The highest BCUT2D eigenvalue weighted by atomic mass is 32.1. The standard InChI is InChI=1S/C7H8N4S/c1-4-2-3-5-6(11-10-4)9-7(12)8-5/h2-4H,1H3,(H2,8,9,12). The first-order valence-electron chi connectivity index (χ1n) is 3.67. The van der Waals surface area contributed by atoms with E-state index in [-0.39, 0.29) is 6.04 Å². The quantitative estimate of drug-likeness (QED) is 0.592. The second kappa shape index (κ2) is 2.67. The zero-order valence-corrected chi connectivity index (χ0v) is 7.35. The van der Waals surface area contributed by atoms with Crippen molar-refractivity contribution in [3.05, 3.63) is 16.5 Å². The maximum Gasteiger partial charge on any atom is 0.178 e. The van der Waals surface area contributed by atoms with E-state index in [2.05, 4.69) is 20.2 Å². The highest BCUT2D eigenvalue weighted by molar-refractivity contribution is 7.71. The predicted octanol–water partition coefficient (Wildman–Crippen LogP) is 2.57. The van der Waals surface area contributed by atoms with Crippen LogP contribution in [0.25, 0.3) is 6.08 Å². The number of azo groups is 1. The van der Waals surface area contributed by atoms with Gasteiger partial charge in [0.15, 0.2) is 10.6 Å². The molecule has 4 nitrogen and oxygen atoms in total. The van der Waals surface area contributed by atoms with Crippen molar-refractivity contribution in [1.29, 1.82) is 0 Å². The first-order valence-corrected chi connectivity index (χ1v) is 4.08. The number of hydrogen-bond donors (Lipinski definition) is 2. The van der Waals surface area contributed by atoms with Crippen LogP contribution in [0.15, 0.2) is 16.3 Å². The molecule has 12 heavy (non-hydrogen) atoms. The zero-order valence-electron chi connectivity index (χ0n) is 6.53. The van der Waals surface area contributed by atoms with E-state index in [1.165, 1.54) is 0 Å². The third-order valence-corrected chi connectivity index (χ3v) is 1.82. The van der Waals surface area contributed by atoms with Crippen LogP contribution in [0, 0.1) is 4.77 Å². The SMILES string of the molecule is CC1C=Cc2[nH]c(=S)[nH]c2N=N1. The fraction of sp³-hybridized carbons (Fsp3) is 0.286. The Morgan fingerprint density at radius 1 is 1.50 bits per heavy atom. The van der Waals surface area contributed by atoms with Gasteiger partial charge in [0.25, 0.3) is 0 Å². The summed E-state index contributed by atoms with van der Waals surface area (Å²) in [6.45, 7) is 1.97. The molecule has 1 aliphatic rings. The molecule has 0 saturated carbocycles. The molecule has 0 aliphatic carbocycles. The van der Waals surface area contributed by atoms with Gasteiger partial charge in [0.2, 0.25) is 0 Å². The second-order valence-corrected chi connectivity index (χ2v) is 3.06. The van der Waals surface area contributed by atoms with Crippen molar-refractivity contribution >= 4 is 24.1 Å². The molecule has 0 radical (unpaired) electrons. The largest absolute Gasteiger partial charge is 0.329 e. The van der Waals surface area contributed by atoms with Crippen LogP contribution in [0.5, 0.6) is 0 Å². The summed E-state index contributed by atoms with van der Waals surface area (Å²) in [6.07, 6.45) is 3.90. The molecule has 1 aromatic rings. The maximum atomic E-state index is 4.91. The smallest absolute Gasteiger partial charge is 0.178 e. The Bertz CT molecular complexity index is 363. The van der Waals surface area contributed by atoms with E-state index in [4.69, 9.17) is 12.2 Å². The number of aromatic nitrogens is 2. The van der Waals surface area contributed by atoms with Gasteiger partial charge >= 0.3 is 0 Å². The molecule has 0 saturated heterocycles. The maximum absolute atomic E-state index is 4.91. The monoisotopic (exact) mass is 180 g/mol. The molecule has 0 amide bonds. The molecule has 5 heteroatoms. The van der Waals surface area contributed by atoms with Crippen molar-refractivity contribution in [2.75, 3.05) is 0 Å². The van der Waals surface area contributed by atoms with Crippen molar-refractivity contribution in [3.63, 3.8) is 0 Å². The van der Waals surface area contributed by atoms with Gasteiger partial charge in [-0.1, -0.05) is 6.08 Å². The van der Waals surface area contributed by atoms with Crippen LogP contribution in [0.1, 0.15) is 12.6 Å². The van der Waals surface area contributed by atoms with E-state index < -0.39 is 0 Å². The van der Waals surface area contributed by atoms with Gasteiger partial charge in [-0.05, 0) is 25.2 Å². The Hall–Kier alpha value is -1.23. The average molecular weight is 180 g/mol. The molecule has 1 aromatic heterocycles. The Morgan fingerprint density at radius 3 is 3.17 bits per heavy atom. The van der Waals surface area contributed by atoms with E-state index in [0.717, 1.165) is 5.69 Å². The molecule has 1 aliphatic heterocycles. The van der Waals surface area contributed by atoms with Gasteiger partial charge in [0.1, 0.15) is 0 Å². The summed E-state index contributed by atoms with van der Waals surface area (Å²) in [5.41, 5.74) is 0.896. The van der Waals surface area contributed by atoms with E-state index >= 15 is 0 Å². The Balaban J connectivity index is 2.56. The number of imidazole rings is 1. The predicted molar refractivity (Wildman–Crippen MR) is 49.0 cm³/mol. The Labute approximate surface area is 74.4 Å². The third kappa shape index (κ3) is 1.23. The first-order chi connectivity index (χ1) is 5.75. The second-order valence-electron chi connectivity index (χ2n) is 2.66. The van der Waals surface area contributed by atoms with Crippen LogP contribution in [0.2, 0.25) is 0 Å². The molecule has 1 atom stereocenters. The number of rotatable bonds is 0. The highest BCUT2D eigenvalue weighted by Gasteiger charge is 2.05. The van der Waals surface area contributed by atoms with Crippen LogP contribution >= 0.6 is 12.2 Å². The number of H-pyrrole nitrogens is 2. The minimum Gasteiger partial charge on any atom is -0.329 e. The molecule has 0 fully saturated rings. The molecule has 0 bridgehead atoms. The molecule has 2 rings (SSSR count). The topological polar surface area (TPSA) is 56.3 Å². The van der Waals surface area contributed by atoms with Gasteiger partial charge in [-0.15, -0.1) is 5.11 Å². The Morgan fingerprint density at radius 2 is 2.33 bits per heavy atom. The third-order valence-electron chi connectivity index (χ3n) is 1.62. The van der Waals surface area contributed by atoms with Crippen molar-refractivity contribution in [2.45, 2.75) is 13.0 Å². The molecular formula is C7H8N4S. The summed E-state index contributed by atoms with van der Waals surface area (Å²) < 4.78 is 0.582. The molecule has 1 unspecified atom stereocenters. The number of nitrogens with zero attached hydrogens (tertiary/aromatic N) is 2. The lowest BCUT2D eigenvalue weighted by molar-refractivity contribution is 0.856. The van der Waals surface area contributed by atoms with Crippen LogP contribution in [0.4, 0.5) is 5.82 Å². The number of hydrogen-bond acceptors (Lipinski definition) is 3. The zero-order chi connectivity index (χ0) is 8.55. The van der Waals surface area contributed by atoms with Crippen LogP contribution in [0.3, 0.4) is 0 Å². The van der Waals surface area contributed by atoms with Crippen molar-refractivity contribution in [1.82, 2.24) is 9.97 Å². The molecule has 62 valence electrons. The first kappa shape index (κ1) is 7.42. The minimum atomic E-state index is 0.132. The van der Waals surface area contributed by atoms with Crippen LogP contribution in [-0.4, -0.2) is 16.0 Å².